The summed E-state index contributed by atoms with van der Waals surface area (Å²) in [4.78, 5) is 69.9. The van der Waals surface area contributed by atoms with Crippen LogP contribution < -0.4 is 0 Å². The van der Waals surface area contributed by atoms with Gasteiger partial charge in [-0.3, -0.25) is 28.8 Å². The molecular weight excluding hydrogens is 612 g/mol. The number of cyclic esters (lactones) is 6. The highest BCUT2D eigenvalue weighted by molar-refractivity contribution is 5.99. The molecule has 0 spiro atoms. The molecule has 0 N–H and O–H groups in total. The Labute approximate surface area is 285 Å². The molecule has 3 aliphatic heterocycles. The second kappa shape index (κ2) is 13.5. The summed E-state index contributed by atoms with van der Waals surface area (Å²) in [6, 6.07) is 0. The first-order valence-electron chi connectivity index (χ1n) is 18.5. The molecule has 6 aliphatic carbocycles. The van der Waals surface area contributed by atoms with E-state index >= 15 is 0 Å². The zero-order valence-corrected chi connectivity index (χ0v) is 30.3. The molecule has 10 atom stereocenters. The number of allylic oxidation sites excluding steroid dienone is 2. The number of ether oxygens (including phenoxy) is 3. The van der Waals surface area contributed by atoms with Gasteiger partial charge in [0, 0.05) is 0 Å². The van der Waals surface area contributed by atoms with Crippen LogP contribution in [0.3, 0.4) is 0 Å². The molecule has 10 unspecified atom stereocenters. The quantitative estimate of drug-likeness (QED) is 0.137. The first-order valence-corrected chi connectivity index (χ1v) is 18.5. The predicted octanol–water partition coefficient (Wildman–Crippen LogP) is 6.86. The molecule has 48 heavy (non-hydrogen) atoms. The van der Waals surface area contributed by atoms with Gasteiger partial charge in [-0.15, -0.1) is 0 Å². The highest BCUT2D eigenvalue weighted by Gasteiger charge is 2.68. The topological polar surface area (TPSA) is 130 Å². The maximum absolute atomic E-state index is 12.0. The van der Waals surface area contributed by atoms with Crippen molar-refractivity contribution < 1.29 is 43.0 Å². The van der Waals surface area contributed by atoms with Crippen LogP contribution in [0, 0.1) is 81.8 Å². The second-order valence-electron chi connectivity index (χ2n) is 16.6. The van der Waals surface area contributed by atoms with E-state index in [1.807, 2.05) is 27.7 Å². The van der Waals surface area contributed by atoms with Gasteiger partial charge in [0.1, 0.15) is 0 Å². The molecule has 0 radical (unpaired) electrons. The van der Waals surface area contributed by atoms with Crippen molar-refractivity contribution in [3.05, 3.63) is 11.6 Å². The number of fused-ring (bicyclic) bond motifs is 8. The van der Waals surface area contributed by atoms with Crippen LogP contribution in [-0.4, -0.2) is 35.8 Å². The largest absolute Gasteiger partial charge is 0.393 e. The van der Waals surface area contributed by atoms with Crippen molar-refractivity contribution in [2.24, 2.45) is 81.8 Å². The van der Waals surface area contributed by atoms with Crippen LogP contribution >= 0.6 is 0 Å². The van der Waals surface area contributed by atoms with Gasteiger partial charge in [-0.05, 0) is 105 Å². The molecule has 266 valence electrons. The summed E-state index contributed by atoms with van der Waals surface area (Å²) < 4.78 is 14.4. The average molecular weight is 669 g/mol. The van der Waals surface area contributed by atoms with Crippen molar-refractivity contribution >= 4 is 35.8 Å². The molecule has 5 saturated carbocycles. The lowest BCUT2D eigenvalue weighted by Gasteiger charge is -2.58. The van der Waals surface area contributed by atoms with Crippen molar-refractivity contribution in [2.75, 3.05) is 0 Å². The van der Waals surface area contributed by atoms with Crippen LogP contribution in [0.25, 0.3) is 0 Å². The zero-order valence-electron chi connectivity index (χ0n) is 30.3. The summed E-state index contributed by atoms with van der Waals surface area (Å²) in [5.74, 6) is -0.444. The maximum Gasteiger partial charge on any atom is 0.318 e. The van der Waals surface area contributed by atoms with E-state index in [0.717, 1.165) is 51.4 Å². The Balaban J connectivity index is 0.000000139. The molecule has 9 rings (SSSR count). The SMILES string of the molecule is CC.CC(C)C12CCC(C)(CC1)C1C(=O)OC(=O)C12.CC1=CC(CC(C)C)C2C(=O)OC(=O)C2C1C.O=C1OC(=O)C2C3CCC(C3)C12. The molecule has 4 bridgehead atoms. The first kappa shape index (κ1) is 36.4. The molecule has 3 saturated heterocycles. The van der Waals surface area contributed by atoms with Crippen molar-refractivity contribution in [1.82, 2.24) is 0 Å². The lowest BCUT2D eigenvalue weighted by Crippen LogP contribution is -2.56. The molecule has 3 heterocycles. The van der Waals surface area contributed by atoms with E-state index in [-0.39, 0.29) is 94.0 Å². The monoisotopic (exact) mass is 668 g/mol. The van der Waals surface area contributed by atoms with E-state index in [4.69, 9.17) is 9.47 Å². The minimum absolute atomic E-state index is 0.00451. The summed E-state index contributed by atoms with van der Waals surface area (Å²) in [5.41, 5.74) is 1.24. The fraction of sp³-hybridized carbons (Fsp3) is 0.795. The fourth-order valence-electron chi connectivity index (χ4n) is 10.9. The summed E-state index contributed by atoms with van der Waals surface area (Å²) in [6.07, 6.45) is 10.7. The van der Waals surface area contributed by atoms with Gasteiger partial charge in [0.2, 0.25) is 0 Å². The Hall–Kier alpha value is -2.84. The fourth-order valence-corrected chi connectivity index (χ4v) is 10.9. The van der Waals surface area contributed by atoms with Gasteiger partial charge < -0.3 is 14.2 Å². The van der Waals surface area contributed by atoms with Gasteiger partial charge in [-0.25, -0.2) is 0 Å². The number of carbonyl (C=O) groups excluding carboxylic acids is 6. The van der Waals surface area contributed by atoms with Crippen LogP contribution in [0.4, 0.5) is 0 Å². The third-order valence-electron chi connectivity index (χ3n) is 13.6. The predicted molar refractivity (Wildman–Crippen MR) is 176 cm³/mol. The van der Waals surface area contributed by atoms with E-state index in [9.17, 15) is 28.8 Å². The minimum Gasteiger partial charge on any atom is -0.393 e. The third-order valence-corrected chi connectivity index (χ3v) is 13.6. The average Bonchev–Trinajstić information content (AvgIpc) is 3.84. The minimum atomic E-state index is -0.325. The molecular formula is C39H56O9. The summed E-state index contributed by atoms with van der Waals surface area (Å²) in [7, 11) is 0. The molecule has 0 aromatic rings. The molecule has 9 aliphatic rings. The van der Waals surface area contributed by atoms with Crippen LogP contribution in [-0.2, 0) is 43.0 Å². The Morgan fingerprint density at radius 2 is 1.15 bits per heavy atom. The highest BCUT2D eigenvalue weighted by Crippen LogP contribution is 2.67. The third kappa shape index (κ3) is 5.89. The Kier molecular flexibility index (Phi) is 10.2. The van der Waals surface area contributed by atoms with Crippen molar-refractivity contribution in [2.45, 2.75) is 114 Å². The van der Waals surface area contributed by atoms with E-state index in [2.05, 4.69) is 45.4 Å². The van der Waals surface area contributed by atoms with Crippen LogP contribution in [0.15, 0.2) is 11.6 Å². The Morgan fingerprint density at radius 3 is 1.65 bits per heavy atom. The van der Waals surface area contributed by atoms with Gasteiger partial charge >= 0.3 is 35.8 Å². The lowest BCUT2D eigenvalue weighted by molar-refractivity contribution is -0.158. The standard InChI is InChI=1S/2C14H20O3.C9H10O3.C2H6/c1-8(2)14-6-4-13(3,5-7-14)9-10(14)12(16)17-11(9)15;1-7(2)5-10-6-8(3)9(4)11-12(10)14(16)17-13(11)15;10-8-6-4-1-2-5(3-4)7(6)9(11)12-8;1-2/h8-10H,4-7H2,1-3H3;6-7,9-12H,5H2,1-4H3;4-7H,1-3H2;1-2H3. The van der Waals surface area contributed by atoms with Gasteiger partial charge in [0.15, 0.2) is 0 Å². The molecule has 0 aromatic heterocycles. The van der Waals surface area contributed by atoms with E-state index in [1.54, 1.807) is 0 Å². The highest BCUT2D eigenvalue weighted by atomic mass is 16.6. The van der Waals surface area contributed by atoms with Crippen molar-refractivity contribution in [1.29, 1.82) is 0 Å². The van der Waals surface area contributed by atoms with Crippen LogP contribution in [0.5, 0.6) is 0 Å². The Morgan fingerprint density at radius 1 is 0.688 bits per heavy atom. The normalized spacial score (nSPS) is 42.8. The lowest BCUT2D eigenvalue weighted by atomic mass is 9.43. The molecule has 8 fully saturated rings. The molecule has 9 nitrogen and oxygen atoms in total. The summed E-state index contributed by atoms with van der Waals surface area (Å²) in [6.45, 7) is 18.9. The van der Waals surface area contributed by atoms with Crippen molar-refractivity contribution in [3.8, 4) is 0 Å². The van der Waals surface area contributed by atoms with Crippen LogP contribution in [0.2, 0.25) is 0 Å². The summed E-state index contributed by atoms with van der Waals surface area (Å²) >= 11 is 0. The summed E-state index contributed by atoms with van der Waals surface area (Å²) in [5, 5.41) is 0. The van der Waals surface area contributed by atoms with Gasteiger partial charge in [0.05, 0.1) is 35.5 Å². The van der Waals surface area contributed by atoms with E-state index in [0.29, 0.717) is 23.7 Å². The molecule has 0 aromatic carbocycles. The number of rotatable bonds is 3. The molecule has 0 amide bonds. The number of hydrogen-bond donors (Lipinski definition) is 0. The van der Waals surface area contributed by atoms with E-state index in [1.165, 1.54) is 5.57 Å². The smallest absolute Gasteiger partial charge is 0.318 e. The van der Waals surface area contributed by atoms with Gasteiger partial charge in [0.25, 0.3) is 0 Å². The van der Waals surface area contributed by atoms with E-state index < -0.39 is 0 Å². The number of carbonyl (C=O) groups is 6. The van der Waals surface area contributed by atoms with Gasteiger partial charge in [-0.2, -0.15) is 0 Å². The first-order chi connectivity index (χ1) is 22.6. The number of hydrogen-bond acceptors (Lipinski definition) is 9. The maximum atomic E-state index is 12.0. The van der Waals surface area contributed by atoms with Crippen molar-refractivity contribution in [3.63, 3.8) is 0 Å². The Bertz CT molecular complexity index is 1340. The number of esters is 6. The second-order valence-corrected chi connectivity index (χ2v) is 16.6. The van der Waals surface area contributed by atoms with Crippen LogP contribution in [0.1, 0.15) is 114 Å². The zero-order chi connectivity index (χ0) is 35.5. The van der Waals surface area contributed by atoms with Gasteiger partial charge in [-0.1, -0.05) is 67.0 Å². The molecule has 9 heteroatoms.